The molecule has 9 nitrogen and oxygen atoms in total. The fourth-order valence-electron chi connectivity index (χ4n) is 5.12. The lowest BCUT2D eigenvalue weighted by Crippen LogP contribution is -2.54. The number of aromatic nitrogens is 5. The van der Waals surface area contributed by atoms with Crippen molar-refractivity contribution in [3.63, 3.8) is 0 Å². The van der Waals surface area contributed by atoms with Crippen LogP contribution in [0.4, 0.5) is 17.6 Å². The van der Waals surface area contributed by atoms with E-state index in [1.807, 2.05) is 49.4 Å². The summed E-state index contributed by atoms with van der Waals surface area (Å²) < 4.78 is 0. The summed E-state index contributed by atoms with van der Waals surface area (Å²) >= 11 is 0. The number of H-pyrrole nitrogens is 1. The second kappa shape index (κ2) is 10.3. The quantitative estimate of drug-likeness (QED) is 0.336. The van der Waals surface area contributed by atoms with Crippen molar-refractivity contribution in [1.29, 1.82) is 0 Å². The first-order valence-corrected chi connectivity index (χ1v) is 12.6. The van der Waals surface area contributed by atoms with Crippen LogP contribution in [0, 0.1) is 6.92 Å². The van der Waals surface area contributed by atoms with Crippen LogP contribution in [0.5, 0.6) is 0 Å². The lowest BCUT2D eigenvalue weighted by atomic mass is 9.88. The van der Waals surface area contributed by atoms with E-state index in [0.717, 1.165) is 42.3 Å². The van der Waals surface area contributed by atoms with Gasteiger partial charge in [0.15, 0.2) is 5.82 Å². The molecule has 0 bridgehead atoms. The number of pyridine rings is 1. The molecule has 1 amide bonds. The maximum absolute atomic E-state index is 13.4. The SMILES string of the molecule is CCC1CC(Nc2nc(Nc3cc(C)[nH]n3)c3ccccc3n2)CC(CC)N1C(=O)c1cccnc1. The molecule has 1 saturated heterocycles. The van der Waals surface area contributed by atoms with E-state index in [9.17, 15) is 4.79 Å². The van der Waals surface area contributed by atoms with Crippen LogP contribution < -0.4 is 10.6 Å². The number of benzene rings is 1. The van der Waals surface area contributed by atoms with Crippen LogP contribution in [0.3, 0.4) is 0 Å². The Kier molecular flexibility index (Phi) is 6.79. The van der Waals surface area contributed by atoms with Gasteiger partial charge in [0.05, 0.1) is 11.1 Å². The molecule has 0 aliphatic carbocycles. The molecule has 2 atom stereocenters. The minimum atomic E-state index is 0.0583. The molecule has 1 aliphatic rings. The lowest BCUT2D eigenvalue weighted by molar-refractivity contribution is 0.0412. The Bertz CT molecular complexity index is 1320. The Morgan fingerprint density at radius 3 is 2.53 bits per heavy atom. The second-order valence-corrected chi connectivity index (χ2v) is 9.37. The molecule has 3 aromatic heterocycles. The van der Waals surface area contributed by atoms with Crippen LogP contribution in [0.2, 0.25) is 0 Å². The zero-order chi connectivity index (χ0) is 25.1. The van der Waals surface area contributed by atoms with Crippen LogP contribution in [0.15, 0.2) is 54.9 Å². The van der Waals surface area contributed by atoms with Crippen molar-refractivity contribution >= 4 is 34.4 Å². The molecule has 1 aliphatic heterocycles. The van der Waals surface area contributed by atoms with E-state index in [0.29, 0.717) is 23.1 Å². The highest BCUT2D eigenvalue weighted by atomic mass is 16.2. The van der Waals surface area contributed by atoms with E-state index in [-0.39, 0.29) is 24.0 Å². The van der Waals surface area contributed by atoms with Crippen LogP contribution in [-0.4, -0.2) is 54.1 Å². The van der Waals surface area contributed by atoms with Crippen molar-refractivity contribution in [3.8, 4) is 0 Å². The molecule has 3 N–H and O–H groups in total. The summed E-state index contributed by atoms with van der Waals surface area (Å²) in [6.07, 6.45) is 6.77. The minimum Gasteiger partial charge on any atom is -0.351 e. The Hall–Kier alpha value is -4.01. The van der Waals surface area contributed by atoms with Crippen molar-refractivity contribution in [1.82, 2.24) is 30.0 Å². The van der Waals surface area contributed by atoms with Crippen molar-refractivity contribution in [2.24, 2.45) is 0 Å². The summed E-state index contributed by atoms with van der Waals surface area (Å²) in [6.45, 7) is 6.25. The number of likely N-dealkylation sites (tertiary alicyclic amines) is 1. The molecule has 2 unspecified atom stereocenters. The van der Waals surface area contributed by atoms with Gasteiger partial charge < -0.3 is 15.5 Å². The zero-order valence-electron chi connectivity index (χ0n) is 20.9. The summed E-state index contributed by atoms with van der Waals surface area (Å²) in [5, 5.41) is 15.1. The summed E-state index contributed by atoms with van der Waals surface area (Å²) in [4.78, 5) is 29.2. The number of rotatable bonds is 7. The summed E-state index contributed by atoms with van der Waals surface area (Å²) in [6, 6.07) is 13.9. The Balaban J connectivity index is 1.40. The van der Waals surface area contributed by atoms with Crippen molar-refractivity contribution in [3.05, 3.63) is 66.1 Å². The largest absolute Gasteiger partial charge is 0.351 e. The van der Waals surface area contributed by atoms with E-state index < -0.39 is 0 Å². The van der Waals surface area contributed by atoms with E-state index in [4.69, 9.17) is 9.97 Å². The van der Waals surface area contributed by atoms with Gasteiger partial charge >= 0.3 is 0 Å². The number of carbonyl (C=O) groups excluding carboxylic acids is 1. The highest BCUT2D eigenvalue weighted by Gasteiger charge is 2.37. The van der Waals surface area contributed by atoms with Gasteiger partial charge in [0, 0.05) is 47.7 Å². The van der Waals surface area contributed by atoms with Gasteiger partial charge in [-0.15, -0.1) is 0 Å². The number of carbonyl (C=O) groups is 1. The second-order valence-electron chi connectivity index (χ2n) is 9.37. The number of fused-ring (bicyclic) bond motifs is 1. The number of aryl methyl sites for hydroxylation is 1. The van der Waals surface area contributed by atoms with Crippen LogP contribution in [-0.2, 0) is 0 Å². The normalized spacial score (nSPS) is 19.9. The van der Waals surface area contributed by atoms with Gasteiger partial charge in [-0.05, 0) is 56.9 Å². The molecule has 4 aromatic rings. The third-order valence-electron chi connectivity index (χ3n) is 6.87. The molecule has 5 rings (SSSR count). The van der Waals surface area contributed by atoms with E-state index in [2.05, 4.69) is 44.6 Å². The predicted octanol–water partition coefficient (Wildman–Crippen LogP) is 5.07. The number of hydrogen-bond acceptors (Lipinski definition) is 7. The third kappa shape index (κ3) is 4.86. The first kappa shape index (κ1) is 23.7. The average Bonchev–Trinajstić information content (AvgIpc) is 3.32. The molecule has 0 radical (unpaired) electrons. The van der Waals surface area contributed by atoms with E-state index in [1.165, 1.54) is 0 Å². The van der Waals surface area contributed by atoms with E-state index >= 15 is 0 Å². The van der Waals surface area contributed by atoms with Crippen LogP contribution in [0.25, 0.3) is 10.9 Å². The Labute approximate surface area is 210 Å². The molecule has 4 heterocycles. The van der Waals surface area contributed by atoms with Crippen molar-refractivity contribution in [2.45, 2.75) is 64.6 Å². The van der Waals surface area contributed by atoms with Gasteiger partial charge in [-0.2, -0.15) is 10.1 Å². The first-order chi connectivity index (χ1) is 17.6. The van der Waals surface area contributed by atoms with Gasteiger partial charge in [-0.3, -0.25) is 14.9 Å². The molecular weight excluding hydrogens is 452 g/mol. The van der Waals surface area contributed by atoms with Crippen LogP contribution >= 0.6 is 0 Å². The van der Waals surface area contributed by atoms with E-state index in [1.54, 1.807) is 12.4 Å². The number of amides is 1. The van der Waals surface area contributed by atoms with Gasteiger partial charge in [0.2, 0.25) is 5.95 Å². The fourth-order valence-corrected chi connectivity index (χ4v) is 5.12. The number of anilines is 3. The first-order valence-electron chi connectivity index (χ1n) is 12.6. The highest BCUT2D eigenvalue weighted by Crippen LogP contribution is 2.31. The number of nitrogens with one attached hydrogen (secondary N) is 3. The van der Waals surface area contributed by atoms with Gasteiger partial charge in [-0.1, -0.05) is 26.0 Å². The zero-order valence-corrected chi connectivity index (χ0v) is 20.9. The van der Waals surface area contributed by atoms with Crippen molar-refractivity contribution < 1.29 is 4.79 Å². The molecular formula is C27H32N8O. The number of nitrogens with zero attached hydrogens (tertiary/aromatic N) is 5. The number of piperidine rings is 1. The monoisotopic (exact) mass is 484 g/mol. The highest BCUT2D eigenvalue weighted by molar-refractivity contribution is 5.94. The molecule has 0 saturated carbocycles. The fraction of sp³-hybridized carbons (Fsp3) is 0.370. The average molecular weight is 485 g/mol. The predicted molar refractivity (Wildman–Crippen MR) is 141 cm³/mol. The standard InChI is InChI=1S/C27H32N8O/c1-4-20-14-19(15-21(5-2)35(20)26(36)18-9-8-12-28-16-18)29-27-30-23-11-7-6-10-22(23)25(32-27)31-24-13-17(3)33-34-24/h6-13,16,19-21H,4-5,14-15H2,1-3H3,(H3,29,30,31,32,33,34). The molecule has 186 valence electrons. The maximum Gasteiger partial charge on any atom is 0.255 e. The minimum absolute atomic E-state index is 0.0583. The summed E-state index contributed by atoms with van der Waals surface area (Å²) in [5.41, 5.74) is 2.47. The molecule has 0 spiro atoms. The van der Waals surface area contributed by atoms with Gasteiger partial charge in [0.1, 0.15) is 5.82 Å². The molecule has 36 heavy (non-hydrogen) atoms. The van der Waals surface area contributed by atoms with Crippen LogP contribution in [0.1, 0.15) is 55.6 Å². The number of aromatic amines is 1. The molecule has 9 heteroatoms. The summed E-state index contributed by atoms with van der Waals surface area (Å²) in [5.74, 6) is 2.05. The number of hydrogen-bond donors (Lipinski definition) is 3. The lowest BCUT2D eigenvalue weighted by Gasteiger charge is -2.45. The smallest absolute Gasteiger partial charge is 0.255 e. The Morgan fingerprint density at radius 1 is 1.08 bits per heavy atom. The Morgan fingerprint density at radius 2 is 1.86 bits per heavy atom. The van der Waals surface area contributed by atoms with Gasteiger partial charge in [0.25, 0.3) is 5.91 Å². The summed E-state index contributed by atoms with van der Waals surface area (Å²) in [7, 11) is 0. The molecule has 1 aromatic carbocycles. The third-order valence-corrected chi connectivity index (χ3v) is 6.87. The van der Waals surface area contributed by atoms with Crippen molar-refractivity contribution in [2.75, 3.05) is 10.6 Å². The van der Waals surface area contributed by atoms with Gasteiger partial charge in [-0.25, -0.2) is 4.98 Å². The topological polar surface area (TPSA) is 112 Å². The number of para-hydroxylation sites is 1. The molecule has 1 fully saturated rings. The maximum atomic E-state index is 13.4.